The summed E-state index contributed by atoms with van der Waals surface area (Å²) < 4.78 is 48.4. The highest BCUT2D eigenvalue weighted by Crippen LogP contribution is 2.32. The van der Waals surface area contributed by atoms with Gasteiger partial charge in [-0.1, -0.05) is 18.2 Å². The first-order chi connectivity index (χ1) is 20.1. The van der Waals surface area contributed by atoms with E-state index in [1.165, 1.54) is 78.4 Å². The summed E-state index contributed by atoms with van der Waals surface area (Å²) >= 11 is 0. The molecule has 0 aliphatic rings. The Kier molecular flexibility index (Phi) is 7.69. The maximum Gasteiger partial charge on any atom is 0.416 e. The molecule has 0 saturated heterocycles. The SMILES string of the molecule is O=c1c([N+](=O)[O-])c(/C=C/c2cnn(Cc3ccccc3C(F)(F)F)c2)n(Cc2ccncc2)c(=O)n1Cc1ccoc1. The van der Waals surface area contributed by atoms with Gasteiger partial charge in [0.05, 0.1) is 48.8 Å². The molecular formula is C28H21F3N6O5. The highest BCUT2D eigenvalue weighted by Gasteiger charge is 2.33. The van der Waals surface area contributed by atoms with Crippen molar-refractivity contribution in [3.05, 3.63) is 144 Å². The van der Waals surface area contributed by atoms with Crippen molar-refractivity contribution in [2.24, 2.45) is 0 Å². The lowest BCUT2D eigenvalue weighted by Gasteiger charge is -2.14. The highest BCUT2D eigenvalue weighted by atomic mass is 19.4. The zero-order valence-corrected chi connectivity index (χ0v) is 21.6. The van der Waals surface area contributed by atoms with E-state index in [-0.39, 0.29) is 30.9 Å². The van der Waals surface area contributed by atoms with Crippen molar-refractivity contribution in [3.8, 4) is 0 Å². The van der Waals surface area contributed by atoms with Crippen LogP contribution in [-0.2, 0) is 25.8 Å². The first kappa shape index (κ1) is 28.0. The summed E-state index contributed by atoms with van der Waals surface area (Å²) in [6.45, 7) is -0.539. The molecular weight excluding hydrogens is 557 g/mol. The minimum atomic E-state index is -4.54. The second-order valence-corrected chi connectivity index (χ2v) is 9.20. The molecule has 42 heavy (non-hydrogen) atoms. The van der Waals surface area contributed by atoms with Gasteiger partial charge in [-0.2, -0.15) is 18.3 Å². The molecule has 14 heteroatoms. The Bertz CT molecular complexity index is 1870. The van der Waals surface area contributed by atoms with Crippen molar-refractivity contribution in [2.75, 3.05) is 0 Å². The Morgan fingerprint density at radius 3 is 2.38 bits per heavy atom. The van der Waals surface area contributed by atoms with Crippen molar-refractivity contribution in [3.63, 3.8) is 0 Å². The number of halogens is 3. The van der Waals surface area contributed by atoms with Gasteiger partial charge < -0.3 is 4.42 Å². The molecule has 4 aromatic heterocycles. The fourth-order valence-electron chi connectivity index (χ4n) is 4.41. The topological polar surface area (TPSA) is 131 Å². The molecule has 0 N–H and O–H groups in total. The minimum absolute atomic E-state index is 0.00619. The third-order valence-electron chi connectivity index (χ3n) is 6.38. The second-order valence-electron chi connectivity index (χ2n) is 9.20. The van der Waals surface area contributed by atoms with Crippen LogP contribution < -0.4 is 11.2 Å². The van der Waals surface area contributed by atoms with Crippen molar-refractivity contribution in [1.29, 1.82) is 0 Å². The van der Waals surface area contributed by atoms with Gasteiger partial charge in [0, 0.05) is 29.7 Å². The molecule has 5 aromatic rings. The predicted molar refractivity (Wildman–Crippen MR) is 144 cm³/mol. The fraction of sp³-hybridized carbons (Fsp3) is 0.143. The zero-order chi connectivity index (χ0) is 29.9. The Morgan fingerprint density at radius 1 is 0.952 bits per heavy atom. The molecule has 11 nitrogen and oxygen atoms in total. The van der Waals surface area contributed by atoms with Crippen LogP contribution in [0.1, 0.15) is 33.5 Å². The third-order valence-corrected chi connectivity index (χ3v) is 6.38. The number of furan rings is 1. The molecule has 0 fully saturated rings. The summed E-state index contributed by atoms with van der Waals surface area (Å²) in [5.74, 6) is 0. The molecule has 0 saturated carbocycles. The van der Waals surface area contributed by atoms with Gasteiger partial charge in [-0.25, -0.2) is 9.36 Å². The summed E-state index contributed by atoms with van der Waals surface area (Å²) in [6.07, 6.45) is 6.56. The minimum Gasteiger partial charge on any atom is -0.472 e. The van der Waals surface area contributed by atoms with Crippen molar-refractivity contribution < 1.29 is 22.5 Å². The van der Waals surface area contributed by atoms with E-state index in [4.69, 9.17) is 4.42 Å². The standard InChI is InChI=1S/C28H21F3N6O5/c29-28(30,31)23-4-2-1-3-22(23)17-34-14-20(13-33-34)5-6-24-25(37(40)41)26(38)36(16-21-9-12-42-18-21)27(39)35(24)15-19-7-10-32-11-8-19/h1-14,18H,15-17H2/b6-5+. The number of pyridine rings is 1. The summed E-state index contributed by atoms with van der Waals surface area (Å²) in [7, 11) is 0. The number of hydrogen-bond donors (Lipinski definition) is 0. The Hall–Kier alpha value is -5.53. The van der Waals surface area contributed by atoms with Gasteiger partial charge in [-0.3, -0.25) is 29.1 Å². The van der Waals surface area contributed by atoms with Crippen LogP contribution in [0.25, 0.3) is 12.2 Å². The van der Waals surface area contributed by atoms with Gasteiger partial charge >= 0.3 is 23.1 Å². The summed E-state index contributed by atoms with van der Waals surface area (Å²) in [5.41, 5.74) is -2.32. The Labute approximate surface area is 234 Å². The quantitative estimate of drug-likeness (QED) is 0.187. The van der Waals surface area contributed by atoms with E-state index in [0.29, 0.717) is 16.7 Å². The van der Waals surface area contributed by atoms with Crippen LogP contribution in [-0.4, -0.2) is 28.8 Å². The van der Waals surface area contributed by atoms with Crippen molar-refractivity contribution in [2.45, 2.75) is 25.8 Å². The lowest BCUT2D eigenvalue weighted by molar-refractivity contribution is -0.387. The monoisotopic (exact) mass is 578 g/mol. The van der Waals surface area contributed by atoms with E-state index in [1.54, 1.807) is 12.1 Å². The van der Waals surface area contributed by atoms with E-state index < -0.39 is 33.6 Å². The van der Waals surface area contributed by atoms with Gasteiger partial charge in [-0.15, -0.1) is 0 Å². The molecule has 1 aromatic carbocycles. The van der Waals surface area contributed by atoms with Crippen LogP contribution in [0.5, 0.6) is 0 Å². The molecule has 0 spiro atoms. The second kappa shape index (κ2) is 11.5. The fourth-order valence-corrected chi connectivity index (χ4v) is 4.41. The molecule has 0 radical (unpaired) electrons. The lowest BCUT2D eigenvalue weighted by Crippen LogP contribution is -2.42. The zero-order valence-electron chi connectivity index (χ0n) is 21.6. The van der Waals surface area contributed by atoms with Gasteiger partial charge in [-0.05, 0) is 47.5 Å². The number of nitrogens with zero attached hydrogens (tertiary/aromatic N) is 6. The van der Waals surface area contributed by atoms with Crippen molar-refractivity contribution in [1.82, 2.24) is 23.9 Å². The number of benzene rings is 1. The van der Waals surface area contributed by atoms with E-state index in [1.807, 2.05) is 0 Å². The summed E-state index contributed by atoms with van der Waals surface area (Å²) in [4.78, 5) is 42.0. The third kappa shape index (κ3) is 5.96. The average molecular weight is 579 g/mol. The molecule has 0 bridgehead atoms. The Morgan fingerprint density at radius 2 is 1.69 bits per heavy atom. The largest absolute Gasteiger partial charge is 0.472 e. The molecule has 0 atom stereocenters. The first-order valence-electron chi connectivity index (χ1n) is 12.4. The lowest BCUT2D eigenvalue weighted by atomic mass is 10.1. The van der Waals surface area contributed by atoms with E-state index in [2.05, 4.69) is 10.1 Å². The molecule has 0 unspecified atom stereocenters. The van der Waals surface area contributed by atoms with E-state index >= 15 is 0 Å². The van der Waals surface area contributed by atoms with Crippen LogP contribution in [0, 0.1) is 10.1 Å². The van der Waals surface area contributed by atoms with Crippen LogP contribution in [0.3, 0.4) is 0 Å². The molecule has 5 rings (SSSR count). The molecule has 0 aliphatic carbocycles. The Balaban J connectivity index is 1.56. The van der Waals surface area contributed by atoms with Gasteiger partial charge in [0.1, 0.15) is 5.69 Å². The van der Waals surface area contributed by atoms with Gasteiger partial charge in [0.2, 0.25) is 0 Å². The highest BCUT2D eigenvalue weighted by molar-refractivity contribution is 5.71. The molecule has 0 aliphatic heterocycles. The van der Waals surface area contributed by atoms with Crippen LogP contribution in [0.2, 0.25) is 0 Å². The van der Waals surface area contributed by atoms with E-state index in [0.717, 1.165) is 15.2 Å². The van der Waals surface area contributed by atoms with Gasteiger partial charge in [0.25, 0.3) is 0 Å². The van der Waals surface area contributed by atoms with Gasteiger partial charge in [0.15, 0.2) is 0 Å². The number of hydrogen-bond acceptors (Lipinski definition) is 7. The normalized spacial score (nSPS) is 11.8. The maximum atomic E-state index is 13.6. The van der Waals surface area contributed by atoms with Crippen molar-refractivity contribution >= 4 is 17.8 Å². The van der Waals surface area contributed by atoms with Crippen LogP contribution in [0.15, 0.2) is 93.8 Å². The average Bonchev–Trinajstić information content (AvgIpc) is 3.64. The molecule has 0 amide bonds. The summed E-state index contributed by atoms with van der Waals surface area (Å²) in [6, 6.07) is 9.90. The predicted octanol–water partition coefficient (Wildman–Crippen LogP) is 4.44. The number of aromatic nitrogens is 5. The number of alkyl halides is 3. The maximum absolute atomic E-state index is 13.6. The number of rotatable bonds is 9. The van der Waals surface area contributed by atoms with Crippen LogP contribution >= 0.6 is 0 Å². The molecule has 4 heterocycles. The van der Waals surface area contributed by atoms with E-state index in [9.17, 15) is 32.9 Å². The summed E-state index contributed by atoms with van der Waals surface area (Å²) in [5, 5.41) is 16.3. The first-order valence-corrected chi connectivity index (χ1v) is 12.4. The smallest absolute Gasteiger partial charge is 0.416 e. The molecule has 214 valence electrons. The number of nitro groups is 1. The van der Waals surface area contributed by atoms with Crippen LogP contribution in [0.4, 0.5) is 18.9 Å².